The number of hydrogen-bond donors (Lipinski definition) is 1. The van der Waals surface area contributed by atoms with Gasteiger partial charge in [-0.2, -0.15) is 0 Å². The SMILES string of the molecule is CO[C@H]1O[C@H](CO[Si](C)(C)C(C)(C)C)C=C[C@H]1O. The maximum Gasteiger partial charge on any atom is 0.192 e. The molecule has 0 saturated carbocycles. The van der Waals surface area contributed by atoms with Gasteiger partial charge < -0.3 is 19.0 Å². The van der Waals surface area contributed by atoms with Crippen LogP contribution in [0, 0.1) is 0 Å². The molecule has 0 amide bonds. The van der Waals surface area contributed by atoms with Crippen molar-refractivity contribution in [3.63, 3.8) is 0 Å². The number of rotatable bonds is 4. The molecule has 0 aromatic heterocycles. The Bertz CT molecular complexity index is 296. The zero-order chi connectivity index (χ0) is 14.0. The maximum atomic E-state index is 9.58. The van der Waals surface area contributed by atoms with Gasteiger partial charge in [-0.05, 0) is 18.1 Å². The van der Waals surface area contributed by atoms with E-state index in [1.54, 1.807) is 6.08 Å². The molecule has 5 heteroatoms. The largest absolute Gasteiger partial charge is 0.414 e. The lowest BCUT2D eigenvalue weighted by molar-refractivity contribution is -0.195. The zero-order valence-corrected chi connectivity index (χ0v) is 13.3. The Morgan fingerprint density at radius 1 is 1.28 bits per heavy atom. The van der Waals surface area contributed by atoms with E-state index >= 15 is 0 Å². The molecule has 0 saturated heterocycles. The Kier molecular flexibility index (Phi) is 5.14. The lowest BCUT2D eigenvalue weighted by Crippen LogP contribution is -2.45. The number of methoxy groups -OCH3 is 1. The first-order chi connectivity index (χ1) is 8.17. The fourth-order valence-corrected chi connectivity index (χ4v) is 2.44. The predicted molar refractivity (Wildman–Crippen MR) is 74.0 cm³/mol. The first kappa shape index (κ1) is 15.9. The summed E-state index contributed by atoms with van der Waals surface area (Å²) in [7, 11) is -0.229. The van der Waals surface area contributed by atoms with Crippen LogP contribution in [0.5, 0.6) is 0 Å². The zero-order valence-electron chi connectivity index (χ0n) is 12.3. The molecule has 1 rings (SSSR count). The number of hydrogen-bond acceptors (Lipinski definition) is 4. The van der Waals surface area contributed by atoms with Crippen LogP contribution in [0.1, 0.15) is 20.8 Å². The molecule has 0 unspecified atom stereocenters. The average molecular weight is 274 g/mol. The molecule has 1 aliphatic heterocycles. The highest BCUT2D eigenvalue weighted by Gasteiger charge is 2.38. The van der Waals surface area contributed by atoms with Gasteiger partial charge in [0, 0.05) is 7.11 Å². The minimum absolute atomic E-state index is 0.146. The number of aliphatic hydroxyl groups excluding tert-OH is 1. The summed E-state index contributed by atoms with van der Waals surface area (Å²) in [5, 5.41) is 9.76. The van der Waals surface area contributed by atoms with Gasteiger partial charge >= 0.3 is 0 Å². The third-order valence-corrected chi connectivity index (χ3v) is 8.26. The van der Waals surface area contributed by atoms with Crippen LogP contribution in [0.4, 0.5) is 0 Å². The van der Waals surface area contributed by atoms with E-state index in [2.05, 4.69) is 33.9 Å². The first-order valence-electron chi connectivity index (χ1n) is 6.36. The van der Waals surface area contributed by atoms with Gasteiger partial charge in [-0.1, -0.05) is 32.9 Å². The molecule has 0 radical (unpaired) electrons. The van der Waals surface area contributed by atoms with E-state index in [-0.39, 0.29) is 11.1 Å². The molecule has 1 heterocycles. The molecule has 0 aliphatic carbocycles. The van der Waals surface area contributed by atoms with E-state index in [0.717, 1.165) is 0 Å². The second kappa shape index (κ2) is 5.84. The van der Waals surface area contributed by atoms with Crippen molar-refractivity contribution < 1.29 is 19.0 Å². The second-order valence-electron chi connectivity index (χ2n) is 6.23. The third-order valence-electron chi connectivity index (χ3n) is 3.76. The standard InChI is InChI=1S/C13H26O4Si/c1-13(2,3)18(5,6)16-9-10-7-8-11(14)12(15-4)17-10/h7-8,10-12,14H,9H2,1-6H3/t10-,11+,12-/m0/s1. The molecule has 106 valence electrons. The van der Waals surface area contributed by atoms with E-state index < -0.39 is 20.7 Å². The van der Waals surface area contributed by atoms with Gasteiger partial charge in [0.15, 0.2) is 14.6 Å². The van der Waals surface area contributed by atoms with Crippen LogP contribution in [0.25, 0.3) is 0 Å². The van der Waals surface area contributed by atoms with Gasteiger partial charge in [-0.15, -0.1) is 0 Å². The molecule has 0 aromatic carbocycles. The summed E-state index contributed by atoms with van der Waals surface area (Å²) in [6.07, 6.45) is 2.11. The van der Waals surface area contributed by atoms with Gasteiger partial charge in [-0.25, -0.2) is 0 Å². The Morgan fingerprint density at radius 3 is 2.39 bits per heavy atom. The monoisotopic (exact) mass is 274 g/mol. The molecule has 0 spiro atoms. The summed E-state index contributed by atoms with van der Waals surface area (Å²) < 4.78 is 16.7. The van der Waals surface area contributed by atoms with Crippen molar-refractivity contribution in [2.75, 3.05) is 13.7 Å². The summed E-state index contributed by atoms with van der Waals surface area (Å²) in [6.45, 7) is 11.6. The number of aliphatic hydroxyl groups is 1. The van der Waals surface area contributed by atoms with Crippen LogP contribution in [0.3, 0.4) is 0 Å². The Labute approximate surface area is 111 Å². The summed E-state index contributed by atoms with van der Waals surface area (Å²) in [6, 6.07) is 0. The van der Waals surface area contributed by atoms with Crippen molar-refractivity contribution in [3.05, 3.63) is 12.2 Å². The first-order valence-corrected chi connectivity index (χ1v) is 9.27. The lowest BCUT2D eigenvalue weighted by Gasteiger charge is -2.38. The summed E-state index contributed by atoms with van der Waals surface area (Å²) in [4.78, 5) is 0. The fourth-order valence-electron chi connectivity index (χ4n) is 1.42. The van der Waals surface area contributed by atoms with Gasteiger partial charge in [-0.3, -0.25) is 0 Å². The lowest BCUT2D eigenvalue weighted by atomic mass is 10.2. The van der Waals surface area contributed by atoms with E-state index in [1.165, 1.54) is 7.11 Å². The molecule has 0 bridgehead atoms. The highest BCUT2D eigenvalue weighted by Crippen LogP contribution is 2.36. The van der Waals surface area contributed by atoms with E-state index in [9.17, 15) is 5.11 Å². The van der Waals surface area contributed by atoms with Crippen molar-refractivity contribution in [2.45, 2.75) is 57.4 Å². The van der Waals surface area contributed by atoms with Crippen molar-refractivity contribution in [3.8, 4) is 0 Å². The molecule has 1 aliphatic rings. The summed E-state index contributed by atoms with van der Waals surface area (Å²) >= 11 is 0. The van der Waals surface area contributed by atoms with E-state index in [1.807, 2.05) is 6.08 Å². The topological polar surface area (TPSA) is 47.9 Å². The van der Waals surface area contributed by atoms with Crippen LogP contribution < -0.4 is 0 Å². The predicted octanol–water partition coefficient (Wildman–Crippen LogP) is 2.30. The van der Waals surface area contributed by atoms with Crippen LogP contribution in [0.15, 0.2) is 12.2 Å². The molecular formula is C13H26O4Si. The van der Waals surface area contributed by atoms with E-state index in [0.29, 0.717) is 6.61 Å². The average Bonchev–Trinajstić information content (AvgIpc) is 2.26. The normalized spacial score (nSPS) is 29.6. The van der Waals surface area contributed by atoms with Crippen LogP contribution in [-0.4, -0.2) is 45.6 Å². The molecule has 1 N–H and O–H groups in total. The number of ether oxygens (including phenoxy) is 2. The quantitative estimate of drug-likeness (QED) is 0.631. The highest BCUT2D eigenvalue weighted by molar-refractivity contribution is 6.74. The van der Waals surface area contributed by atoms with Gasteiger partial charge in [0.2, 0.25) is 0 Å². The Hall–Kier alpha value is -0.203. The third kappa shape index (κ3) is 3.90. The van der Waals surface area contributed by atoms with E-state index in [4.69, 9.17) is 13.9 Å². The van der Waals surface area contributed by atoms with Crippen molar-refractivity contribution in [1.82, 2.24) is 0 Å². The Balaban J connectivity index is 2.53. The van der Waals surface area contributed by atoms with Crippen LogP contribution >= 0.6 is 0 Å². The van der Waals surface area contributed by atoms with Gasteiger partial charge in [0.25, 0.3) is 0 Å². The molecule has 0 aromatic rings. The van der Waals surface area contributed by atoms with Crippen molar-refractivity contribution in [2.24, 2.45) is 0 Å². The van der Waals surface area contributed by atoms with Gasteiger partial charge in [0.1, 0.15) is 12.2 Å². The fraction of sp³-hybridized carbons (Fsp3) is 0.846. The van der Waals surface area contributed by atoms with Crippen LogP contribution in [-0.2, 0) is 13.9 Å². The minimum Gasteiger partial charge on any atom is -0.414 e. The molecular weight excluding hydrogens is 248 g/mol. The molecule has 0 fully saturated rings. The molecule has 3 atom stereocenters. The minimum atomic E-state index is -1.76. The van der Waals surface area contributed by atoms with Crippen LogP contribution in [0.2, 0.25) is 18.1 Å². The summed E-state index contributed by atoms with van der Waals surface area (Å²) in [5.74, 6) is 0. The van der Waals surface area contributed by atoms with Crippen molar-refractivity contribution >= 4 is 8.32 Å². The van der Waals surface area contributed by atoms with Gasteiger partial charge in [0.05, 0.1) is 6.61 Å². The smallest absolute Gasteiger partial charge is 0.192 e. The van der Waals surface area contributed by atoms with Crippen molar-refractivity contribution in [1.29, 1.82) is 0 Å². The highest BCUT2D eigenvalue weighted by atomic mass is 28.4. The second-order valence-corrected chi connectivity index (χ2v) is 11.0. The summed E-state index contributed by atoms with van der Waals surface area (Å²) in [5.41, 5.74) is 0. The molecule has 4 nitrogen and oxygen atoms in total. The molecule has 18 heavy (non-hydrogen) atoms. The Morgan fingerprint density at radius 2 is 1.89 bits per heavy atom. The maximum absolute atomic E-state index is 9.58.